The molecule has 0 aliphatic heterocycles. The van der Waals surface area contributed by atoms with E-state index in [1.807, 2.05) is 41.7 Å². The van der Waals surface area contributed by atoms with Crippen molar-refractivity contribution in [2.24, 2.45) is 5.92 Å². The molecule has 0 bridgehead atoms. The first-order chi connectivity index (χ1) is 12.5. The van der Waals surface area contributed by atoms with E-state index in [1.165, 1.54) is 5.56 Å². The molecule has 2 aromatic rings. The van der Waals surface area contributed by atoms with Crippen molar-refractivity contribution in [2.75, 3.05) is 18.4 Å². The van der Waals surface area contributed by atoms with Crippen molar-refractivity contribution in [1.29, 1.82) is 0 Å². The maximum Gasteiger partial charge on any atom is 0.275 e. The van der Waals surface area contributed by atoms with Gasteiger partial charge in [0, 0.05) is 16.0 Å². The summed E-state index contributed by atoms with van der Waals surface area (Å²) in [4.78, 5) is 24.1. The van der Waals surface area contributed by atoms with Gasteiger partial charge in [-0.1, -0.05) is 56.3 Å². The second-order valence-corrected chi connectivity index (χ2v) is 7.28. The number of nitrogens with two attached hydrogens (primary N) is 1. The SMILES string of the molecule is CC(C)[C@H]([NH2+]CC(=O)NCC(=O)Nc1ccccc1Br)c1ccccc1. The van der Waals surface area contributed by atoms with Crippen LogP contribution in [0.4, 0.5) is 5.69 Å². The molecule has 0 radical (unpaired) electrons. The molecular weight excluding hydrogens is 394 g/mol. The summed E-state index contributed by atoms with van der Waals surface area (Å²) in [6.45, 7) is 4.50. The van der Waals surface area contributed by atoms with E-state index in [-0.39, 0.29) is 30.9 Å². The van der Waals surface area contributed by atoms with Gasteiger partial charge in [0.05, 0.1) is 12.2 Å². The van der Waals surface area contributed by atoms with Crippen molar-refractivity contribution >= 4 is 33.4 Å². The topological polar surface area (TPSA) is 74.8 Å². The van der Waals surface area contributed by atoms with Gasteiger partial charge in [-0.05, 0) is 28.1 Å². The average Bonchev–Trinajstić information content (AvgIpc) is 2.63. The lowest BCUT2D eigenvalue weighted by atomic mass is 9.96. The standard InChI is InChI=1S/C20H24BrN3O2/c1-14(2)20(15-8-4-3-5-9-15)23-12-18(25)22-13-19(26)24-17-11-7-6-10-16(17)21/h3-11,14,20,23H,12-13H2,1-2H3,(H,22,25)(H,24,26)/p+1/t20-/m0/s1. The number of hydrogen-bond donors (Lipinski definition) is 3. The summed E-state index contributed by atoms with van der Waals surface area (Å²) in [5, 5.41) is 7.45. The number of para-hydroxylation sites is 1. The van der Waals surface area contributed by atoms with Crippen LogP contribution in [0, 0.1) is 5.92 Å². The molecular formula is C20H25BrN3O2+. The monoisotopic (exact) mass is 418 g/mol. The van der Waals surface area contributed by atoms with Crippen LogP contribution in [0.15, 0.2) is 59.1 Å². The predicted octanol–water partition coefficient (Wildman–Crippen LogP) is 2.46. The molecule has 0 aliphatic rings. The zero-order valence-corrected chi connectivity index (χ0v) is 16.6. The first-order valence-corrected chi connectivity index (χ1v) is 9.46. The summed E-state index contributed by atoms with van der Waals surface area (Å²) >= 11 is 3.37. The van der Waals surface area contributed by atoms with Crippen LogP contribution in [-0.2, 0) is 9.59 Å². The fourth-order valence-electron chi connectivity index (χ4n) is 2.71. The van der Waals surface area contributed by atoms with E-state index in [4.69, 9.17) is 0 Å². The van der Waals surface area contributed by atoms with Crippen LogP contribution in [-0.4, -0.2) is 24.9 Å². The number of rotatable bonds is 8. The molecule has 4 N–H and O–H groups in total. The normalized spacial score (nSPS) is 11.8. The van der Waals surface area contributed by atoms with E-state index < -0.39 is 0 Å². The number of hydrogen-bond acceptors (Lipinski definition) is 2. The Bertz CT molecular complexity index is 735. The molecule has 0 aromatic heterocycles. The Balaban J connectivity index is 1.79. The molecule has 0 heterocycles. The Hall–Kier alpha value is -2.18. The molecule has 1 atom stereocenters. The minimum Gasteiger partial charge on any atom is -0.342 e. The molecule has 0 saturated heterocycles. The Morgan fingerprint density at radius 2 is 1.65 bits per heavy atom. The van der Waals surface area contributed by atoms with Crippen LogP contribution in [0.3, 0.4) is 0 Å². The van der Waals surface area contributed by atoms with Crippen molar-refractivity contribution in [2.45, 2.75) is 19.9 Å². The van der Waals surface area contributed by atoms with Gasteiger partial charge in [-0.25, -0.2) is 0 Å². The van der Waals surface area contributed by atoms with Crippen molar-refractivity contribution < 1.29 is 14.9 Å². The number of amides is 2. The van der Waals surface area contributed by atoms with Crippen molar-refractivity contribution in [3.05, 3.63) is 64.6 Å². The third kappa shape index (κ3) is 6.28. The van der Waals surface area contributed by atoms with Crippen LogP contribution in [0.2, 0.25) is 0 Å². The zero-order chi connectivity index (χ0) is 18.9. The summed E-state index contributed by atoms with van der Waals surface area (Å²) in [6, 6.07) is 17.7. The highest BCUT2D eigenvalue weighted by molar-refractivity contribution is 9.10. The lowest BCUT2D eigenvalue weighted by molar-refractivity contribution is -0.692. The molecule has 2 amide bonds. The number of halogens is 1. The maximum absolute atomic E-state index is 12.1. The largest absolute Gasteiger partial charge is 0.342 e. The highest BCUT2D eigenvalue weighted by Gasteiger charge is 2.20. The van der Waals surface area contributed by atoms with Gasteiger partial charge in [-0.3, -0.25) is 9.59 Å². The lowest BCUT2D eigenvalue weighted by Gasteiger charge is -2.19. The predicted molar refractivity (Wildman–Crippen MR) is 107 cm³/mol. The number of nitrogens with one attached hydrogen (secondary N) is 2. The van der Waals surface area contributed by atoms with Crippen LogP contribution >= 0.6 is 15.9 Å². The van der Waals surface area contributed by atoms with E-state index >= 15 is 0 Å². The summed E-state index contributed by atoms with van der Waals surface area (Å²) in [6.07, 6.45) is 0. The Labute approximate surface area is 162 Å². The molecule has 0 fully saturated rings. The molecule has 138 valence electrons. The minimum absolute atomic E-state index is 0.0499. The Morgan fingerprint density at radius 3 is 2.31 bits per heavy atom. The molecule has 26 heavy (non-hydrogen) atoms. The third-order valence-corrected chi connectivity index (χ3v) is 4.75. The number of carbonyl (C=O) groups excluding carboxylic acids is 2. The quantitative estimate of drug-likeness (QED) is 0.615. The van der Waals surface area contributed by atoms with E-state index in [9.17, 15) is 9.59 Å². The second-order valence-electron chi connectivity index (χ2n) is 6.43. The summed E-state index contributed by atoms with van der Waals surface area (Å²) in [5.41, 5.74) is 1.88. The average molecular weight is 419 g/mol. The highest BCUT2D eigenvalue weighted by Crippen LogP contribution is 2.20. The van der Waals surface area contributed by atoms with E-state index in [0.29, 0.717) is 11.6 Å². The molecule has 0 saturated carbocycles. The van der Waals surface area contributed by atoms with Crippen LogP contribution in [0.25, 0.3) is 0 Å². The second kappa shape index (κ2) is 10.1. The van der Waals surface area contributed by atoms with Gasteiger partial charge in [0.15, 0.2) is 6.54 Å². The van der Waals surface area contributed by atoms with E-state index in [2.05, 4.69) is 52.5 Å². The van der Waals surface area contributed by atoms with Crippen molar-refractivity contribution in [3.8, 4) is 0 Å². The first kappa shape index (κ1) is 20.1. The van der Waals surface area contributed by atoms with E-state index in [0.717, 1.165) is 4.47 Å². The van der Waals surface area contributed by atoms with Gasteiger partial charge in [0.2, 0.25) is 5.91 Å². The van der Waals surface area contributed by atoms with Crippen molar-refractivity contribution in [1.82, 2.24) is 5.32 Å². The molecule has 2 rings (SSSR count). The highest BCUT2D eigenvalue weighted by atomic mass is 79.9. The van der Waals surface area contributed by atoms with Gasteiger partial charge in [0.25, 0.3) is 5.91 Å². The Kier molecular flexibility index (Phi) is 7.81. The van der Waals surface area contributed by atoms with Crippen LogP contribution in [0.1, 0.15) is 25.5 Å². The van der Waals surface area contributed by atoms with Crippen LogP contribution < -0.4 is 16.0 Å². The van der Waals surface area contributed by atoms with Crippen LogP contribution in [0.5, 0.6) is 0 Å². The molecule has 2 aromatic carbocycles. The van der Waals surface area contributed by atoms with Gasteiger partial charge < -0.3 is 16.0 Å². The fraction of sp³-hybridized carbons (Fsp3) is 0.300. The van der Waals surface area contributed by atoms with Gasteiger partial charge >= 0.3 is 0 Å². The number of carbonyl (C=O) groups is 2. The maximum atomic E-state index is 12.1. The smallest absolute Gasteiger partial charge is 0.275 e. The molecule has 0 aliphatic carbocycles. The van der Waals surface area contributed by atoms with Gasteiger partial charge in [-0.15, -0.1) is 0 Å². The summed E-state index contributed by atoms with van der Waals surface area (Å²) in [5.74, 6) is -0.0218. The van der Waals surface area contributed by atoms with Crippen molar-refractivity contribution in [3.63, 3.8) is 0 Å². The number of benzene rings is 2. The van der Waals surface area contributed by atoms with E-state index in [1.54, 1.807) is 6.07 Å². The molecule has 5 nitrogen and oxygen atoms in total. The Morgan fingerprint density at radius 1 is 1.00 bits per heavy atom. The lowest BCUT2D eigenvalue weighted by Crippen LogP contribution is -2.88. The molecule has 0 unspecified atom stereocenters. The third-order valence-electron chi connectivity index (χ3n) is 4.05. The minimum atomic E-state index is -0.256. The van der Waals surface area contributed by atoms with Gasteiger partial charge in [-0.2, -0.15) is 0 Å². The zero-order valence-electron chi connectivity index (χ0n) is 15.0. The number of quaternary nitrogens is 1. The summed E-state index contributed by atoms with van der Waals surface area (Å²) < 4.78 is 0.802. The summed E-state index contributed by atoms with van der Waals surface area (Å²) in [7, 11) is 0. The molecule has 6 heteroatoms. The molecule has 0 spiro atoms. The first-order valence-electron chi connectivity index (χ1n) is 8.66. The van der Waals surface area contributed by atoms with Gasteiger partial charge in [0.1, 0.15) is 6.04 Å². The number of anilines is 1. The fourth-order valence-corrected chi connectivity index (χ4v) is 3.09.